The molecule has 0 aliphatic heterocycles. The third kappa shape index (κ3) is 3.34. The summed E-state index contributed by atoms with van der Waals surface area (Å²) in [4.78, 5) is 7.53. The molecule has 19 heavy (non-hydrogen) atoms. The number of benzene rings is 1. The van der Waals surface area contributed by atoms with Crippen LogP contribution in [-0.2, 0) is 12.8 Å². The van der Waals surface area contributed by atoms with Crippen molar-refractivity contribution in [2.45, 2.75) is 40.0 Å². The Labute approximate surface area is 115 Å². The lowest BCUT2D eigenvalue weighted by molar-refractivity contribution is 0.933. The number of hydrogen-bond donors (Lipinski definition) is 1. The van der Waals surface area contributed by atoms with E-state index in [-0.39, 0.29) is 0 Å². The van der Waals surface area contributed by atoms with Crippen molar-refractivity contribution in [1.29, 1.82) is 0 Å². The van der Waals surface area contributed by atoms with Crippen LogP contribution in [-0.4, -0.2) is 9.97 Å². The second-order valence-corrected chi connectivity index (χ2v) is 4.92. The molecule has 1 N–H and O–H groups in total. The van der Waals surface area contributed by atoms with E-state index in [1.807, 2.05) is 6.20 Å². The lowest BCUT2D eigenvalue weighted by Gasteiger charge is -2.09. The van der Waals surface area contributed by atoms with Gasteiger partial charge in [0.2, 0.25) is 0 Å². The molecule has 0 atom stereocenters. The van der Waals surface area contributed by atoms with Gasteiger partial charge in [-0.25, -0.2) is 4.98 Å². The monoisotopic (exact) mass is 254 g/mol. The maximum Gasteiger partial charge on any atom is 0.137 e. The molecule has 0 saturated heterocycles. The molecule has 2 aromatic rings. The number of aryl methyl sites for hydroxylation is 2. The van der Waals surface area contributed by atoms with Crippen LogP contribution >= 0.6 is 0 Å². The van der Waals surface area contributed by atoms with Crippen LogP contribution in [0.25, 0.3) is 11.4 Å². The molecule has 1 heterocycles. The molecule has 2 nitrogen and oxygen atoms in total. The molecular weight excluding hydrogens is 232 g/mol. The predicted molar refractivity (Wildman–Crippen MR) is 81.2 cm³/mol. The van der Waals surface area contributed by atoms with Crippen LogP contribution in [0.5, 0.6) is 0 Å². The van der Waals surface area contributed by atoms with E-state index in [0.29, 0.717) is 0 Å². The van der Waals surface area contributed by atoms with Crippen LogP contribution in [0.1, 0.15) is 38.3 Å². The Morgan fingerprint density at radius 2 is 2.21 bits per heavy atom. The van der Waals surface area contributed by atoms with Crippen molar-refractivity contribution in [2.24, 2.45) is 0 Å². The van der Waals surface area contributed by atoms with Gasteiger partial charge in [-0.3, -0.25) is 0 Å². The zero-order valence-electron chi connectivity index (χ0n) is 12.0. The largest absolute Gasteiger partial charge is 0.345 e. The van der Waals surface area contributed by atoms with Gasteiger partial charge in [-0.1, -0.05) is 36.8 Å². The summed E-state index contributed by atoms with van der Waals surface area (Å²) in [6.45, 7) is 6.49. The van der Waals surface area contributed by atoms with Crippen molar-refractivity contribution in [3.05, 3.63) is 53.4 Å². The number of nitrogens with one attached hydrogen (secondary N) is 1. The molecule has 1 aromatic heterocycles. The maximum absolute atomic E-state index is 4.35. The zero-order chi connectivity index (χ0) is 13.7. The Morgan fingerprint density at radius 3 is 2.84 bits per heavy atom. The maximum atomic E-state index is 4.35. The van der Waals surface area contributed by atoms with Crippen molar-refractivity contribution < 1.29 is 0 Å². The number of nitrogens with zero attached hydrogens (tertiary/aromatic N) is 1. The SMILES string of the molecule is C/C=C(\C)CCc1ccc(-c2ncc[nH]2)c(CC)c1. The van der Waals surface area contributed by atoms with Gasteiger partial charge in [-0.15, -0.1) is 0 Å². The van der Waals surface area contributed by atoms with Gasteiger partial charge in [0.1, 0.15) is 5.82 Å². The standard InChI is InChI=1S/C17H22N2/c1-4-13(3)6-7-14-8-9-16(15(5-2)12-14)17-18-10-11-19-17/h4,8-12H,5-7H2,1-3H3,(H,18,19)/b13-4+. The van der Waals surface area contributed by atoms with Crippen molar-refractivity contribution in [2.75, 3.05) is 0 Å². The van der Waals surface area contributed by atoms with Crippen LogP contribution in [0, 0.1) is 0 Å². The molecule has 2 rings (SSSR count). The molecular formula is C17H22N2. The molecule has 0 saturated carbocycles. The van der Waals surface area contributed by atoms with Gasteiger partial charge >= 0.3 is 0 Å². The fourth-order valence-electron chi connectivity index (χ4n) is 2.22. The number of H-pyrrole nitrogens is 1. The van der Waals surface area contributed by atoms with Crippen LogP contribution in [0.15, 0.2) is 42.2 Å². The number of imidazole rings is 1. The Balaban J connectivity index is 2.21. The first-order valence-corrected chi connectivity index (χ1v) is 6.98. The van der Waals surface area contributed by atoms with E-state index in [2.05, 4.69) is 55.0 Å². The molecule has 0 spiro atoms. The summed E-state index contributed by atoms with van der Waals surface area (Å²) in [5, 5.41) is 0. The Bertz CT molecular complexity index is 551. The highest BCUT2D eigenvalue weighted by Crippen LogP contribution is 2.23. The second-order valence-electron chi connectivity index (χ2n) is 4.92. The summed E-state index contributed by atoms with van der Waals surface area (Å²) in [5.74, 6) is 0.966. The zero-order valence-corrected chi connectivity index (χ0v) is 12.0. The third-order valence-corrected chi connectivity index (χ3v) is 3.60. The molecule has 0 bridgehead atoms. The Hall–Kier alpha value is -1.83. The number of rotatable bonds is 5. The van der Waals surface area contributed by atoms with E-state index in [0.717, 1.165) is 25.1 Å². The molecule has 2 heteroatoms. The topological polar surface area (TPSA) is 28.7 Å². The van der Waals surface area contributed by atoms with Crippen molar-refractivity contribution in [1.82, 2.24) is 9.97 Å². The van der Waals surface area contributed by atoms with E-state index in [9.17, 15) is 0 Å². The van der Waals surface area contributed by atoms with Gasteiger partial charge < -0.3 is 4.98 Å². The Kier molecular flexibility index (Phi) is 4.56. The van der Waals surface area contributed by atoms with Crippen LogP contribution in [0.4, 0.5) is 0 Å². The van der Waals surface area contributed by atoms with Gasteiger partial charge in [0.25, 0.3) is 0 Å². The van der Waals surface area contributed by atoms with Gasteiger partial charge in [-0.05, 0) is 44.2 Å². The number of aromatic nitrogens is 2. The third-order valence-electron chi connectivity index (χ3n) is 3.60. The molecule has 0 fully saturated rings. The molecule has 1 aromatic carbocycles. The smallest absolute Gasteiger partial charge is 0.137 e. The predicted octanol–water partition coefficient (Wildman–Crippen LogP) is 4.54. The minimum atomic E-state index is 0.966. The molecule has 0 radical (unpaired) electrons. The van der Waals surface area contributed by atoms with Crippen molar-refractivity contribution in [3.63, 3.8) is 0 Å². The molecule has 0 aliphatic rings. The summed E-state index contributed by atoms with van der Waals surface area (Å²) in [6, 6.07) is 6.73. The van der Waals surface area contributed by atoms with Crippen LogP contribution in [0.2, 0.25) is 0 Å². The average molecular weight is 254 g/mol. The van der Waals surface area contributed by atoms with Crippen LogP contribution < -0.4 is 0 Å². The summed E-state index contributed by atoms with van der Waals surface area (Å²) >= 11 is 0. The quantitative estimate of drug-likeness (QED) is 0.780. The van der Waals surface area contributed by atoms with Crippen molar-refractivity contribution in [3.8, 4) is 11.4 Å². The number of hydrogen-bond acceptors (Lipinski definition) is 1. The van der Waals surface area contributed by atoms with Gasteiger partial charge in [0, 0.05) is 18.0 Å². The summed E-state index contributed by atoms with van der Waals surface area (Å²) in [5.41, 5.74) is 5.45. The van der Waals surface area contributed by atoms with Gasteiger partial charge in [-0.2, -0.15) is 0 Å². The minimum absolute atomic E-state index is 0.966. The van der Waals surface area contributed by atoms with Gasteiger partial charge in [0.05, 0.1) is 0 Å². The van der Waals surface area contributed by atoms with E-state index >= 15 is 0 Å². The number of aromatic amines is 1. The second kappa shape index (κ2) is 6.37. The summed E-state index contributed by atoms with van der Waals surface area (Å²) in [6.07, 6.45) is 9.15. The molecule has 100 valence electrons. The summed E-state index contributed by atoms with van der Waals surface area (Å²) in [7, 11) is 0. The lowest BCUT2D eigenvalue weighted by Crippen LogP contribution is -1.94. The first kappa shape index (κ1) is 13.6. The summed E-state index contributed by atoms with van der Waals surface area (Å²) < 4.78 is 0. The average Bonchev–Trinajstić information content (AvgIpc) is 2.98. The molecule has 0 aliphatic carbocycles. The van der Waals surface area contributed by atoms with Crippen LogP contribution in [0.3, 0.4) is 0 Å². The first-order chi connectivity index (χ1) is 9.24. The highest BCUT2D eigenvalue weighted by atomic mass is 14.9. The van der Waals surface area contributed by atoms with E-state index in [1.54, 1.807) is 6.20 Å². The van der Waals surface area contributed by atoms with Crippen molar-refractivity contribution >= 4 is 0 Å². The van der Waals surface area contributed by atoms with Gasteiger partial charge in [0.15, 0.2) is 0 Å². The normalized spacial score (nSPS) is 11.8. The lowest BCUT2D eigenvalue weighted by atomic mass is 9.98. The highest BCUT2D eigenvalue weighted by Gasteiger charge is 2.07. The van der Waals surface area contributed by atoms with E-state index in [4.69, 9.17) is 0 Å². The molecule has 0 unspecified atom stereocenters. The Morgan fingerprint density at radius 1 is 1.37 bits per heavy atom. The van der Waals surface area contributed by atoms with E-state index < -0.39 is 0 Å². The fourth-order valence-corrected chi connectivity index (χ4v) is 2.22. The molecule has 0 amide bonds. The van der Waals surface area contributed by atoms with E-state index in [1.165, 1.54) is 22.3 Å². The number of allylic oxidation sites excluding steroid dienone is 2. The fraction of sp³-hybridized carbons (Fsp3) is 0.353. The highest BCUT2D eigenvalue weighted by molar-refractivity contribution is 5.61. The minimum Gasteiger partial charge on any atom is -0.345 e. The first-order valence-electron chi connectivity index (χ1n) is 6.98.